The highest BCUT2D eigenvalue weighted by atomic mass is 19.4. The molecule has 0 fully saturated rings. The monoisotopic (exact) mass is 225 g/mol. The molecule has 0 aliphatic rings. The van der Waals surface area contributed by atoms with Gasteiger partial charge in [0.25, 0.3) is 0 Å². The fraction of sp³-hybridized carbons (Fsp3) is 0.900. The lowest BCUT2D eigenvalue weighted by atomic mass is 9.94. The standard InChI is InChI=1S/C10H18F3NO/c1-5-6-14(7-10(11,12)13)8(15)9(2,3)4/h5-7H2,1-4H3. The first kappa shape index (κ1) is 14.3. The Morgan fingerprint density at radius 1 is 1.20 bits per heavy atom. The lowest BCUT2D eigenvalue weighted by Crippen LogP contribution is -2.44. The van der Waals surface area contributed by atoms with Gasteiger partial charge in [-0.3, -0.25) is 4.79 Å². The Bertz CT molecular complexity index is 218. The van der Waals surface area contributed by atoms with Gasteiger partial charge in [-0.2, -0.15) is 13.2 Å². The van der Waals surface area contributed by atoms with Crippen LogP contribution in [0.4, 0.5) is 13.2 Å². The molecule has 0 aliphatic carbocycles. The van der Waals surface area contributed by atoms with E-state index >= 15 is 0 Å². The van der Waals surface area contributed by atoms with E-state index in [-0.39, 0.29) is 6.54 Å². The van der Waals surface area contributed by atoms with Gasteiger partial charge in [-0.1, -0.05) is 27.7 Å². The maximum atomic E-state index is 12.2. The predicted octanol–water partition coefficient (Wildman–Crippen LogP) is 2.83. The van der Waals surface area contributed by atoms with Crippen molar-refractivity contribution in [3.05, 3.63) is 0 Å². The fourth-order valence-electron chi connectivity index (χ4n) is 1.21. The van der Waals surface area contributed by atoms with E-state index in [9.17, 15) is 18.0 Å². The number of nitrogens with zero attached hydrogens (tertiary/aromatic N) is 1. The molecule has 1 amide bonds. The number of halogens is 3. The van der Waals surface area contributed by atoms with Crippen LogP contribution in [-0.4, -0.2) is 30.1 Å². The maximum Gasteiger partial charge on any atom is 0.406 e. The smallest absolute Gasteiger partial charge is 0.333 e. The summed E-state index contributed by atoms with van der Waals surface area (Å²) in [6.45, 7) is 5.60. The number of hydrogen-bond donors (Lipinski definition) is 0. The Morgan fingerprint density at radius 3 is 1.93 bits per heavy atom. The third kappa shape index (κ3) is 5.64. The highest BCUT2D eigenvalue weighted by molar-refractivity contribution is 5.81. The van der Waals surface area contributed by atoms with Crippen LogP contribution in [0.5, 0.6) is 0 Å². The van der Waals surface area contributed by atoms with Crippen LogP contribution in [0.25, 0.3) is 0 Å². The fourth-order valence-corrected chi connectivity index (χ4v) is 1.21. The Labute approximate surface area is 88.4 Å². The van der Waals surface area contributed by atoms with Crippen molar-refractivity contribution in [3.63, 3.8) is 0 Å². The summed E-state index contributed by atoms with van der Waals surface area (Å²) >= 11 is 0. The minimum absolute atomic E-state index is 0.148. The van der Waals surface area contributed by atoms with Gasteiger partial charge in [0.05, 0.1) is 0 Å². The topological polar surface area (TPSA) is 20.3 Å². The molecule has 0 radical (unpaired) electrons. The van der Waals surface area contributed by atoms with Crippen LogP contribution in [0.15, 0.2) is 0 Å². The molecule has 0 atom stereocenters. The van der Waals surface area contributed by atoms with Crippen molar-refractivity contribution in [3.8, 4) is 0 Å². The summed E-state index contributed by atoms with van der Waals surface area (Å²) in [5.41, 5.74) is -0.763. The van der Waals surface area contributed by atoms with E-state index < -0.39 is 24.0 Å². The first-order chi connectivity index (χ1) is 6.58. The summed E-state index contributed by atoms with van der Waals surface area (Å²) < 4.78 is 36.6. The van der Waals surface area contributed by atoms with Crippen molar-refractivity contribution in [1.29, 1.82) is 0 Å². The minimum atomic E-state index is -4.32. The molecule has 0 bridgehead atoms. The molecule has 0 unspecified atom stereocenters. The second kappa shape index (κ2) is 4.86. The van der Waals surface area contributed by atoms with Crippen LogP contribution in [0.3, 0.4) is 0 Å². The lowest BCUT2D eigenvalue weighted by molar-refractivity contribution is -0.166. The van der Waals surface area contributed by atoms with E-state index in [4.69, 9.17) is 0 Å². The zero-order valence-corrected chi connectivity index (χ0v) is 9.61. The van der Waals surface area contributed by atoms with E-state index in [1.54, 1.807) is 27.7 Å². The lowest BCUT2D eigenvalue weighted by Gasteiger charge is -2.29. The number of rotatable bonds is 3. The Balaban J connectivity index is 4.60. The summed E-state index contributed by atoms with van der Waals surface area (Å²) in [4.78, 5) is 12.5. The third-order valence-corrected chi connectivity index (χ3v) is 1.79. The van der Waals surface area contributed by atoms with Crippen LogP contribution < -0.4 is 0 Å². The first-order valence-corrected chi connectivity index (χ1v) is 4.94. The van der Waals surface area contributed by atoms with E-state index in [2.05, 4.69) is 0 Å². The van der Waals surface area contributed by atoms with Crippen molar-refractivity contribution in [2.75, 3.05) is 13.1 Å². The first-order valence-electron chi connectivity index (χ1n) is 4.94. The second-order valence-corrected chi connectivity index (χ2v) is 4.59. The maximum absolute atomic E-state index is 12.2. The second-order valence-electron chi connectivity index (χ2n) is 4.59. The molecule has 0 spiro atoms. The molecule has 0 aromatic heterocycles. The van der Waals surface area contributed by atoms with Crippen LogP contribution in [0, 0.1) is 5.41 Å². The SMILES string of the molecule is CCCN(CC(F)(F)F)C(=O)C(C)(C)C. The summed E-state index contributed by atoms with van der Waals surface area (Å²) in [7, 11) is 0. The van der Waals surface area contributed by atoms with Crippen LogP contribution in [-0.2, 0) is 4.79 Å². The summed E-state index contributed by atoms with van der Waals surface area (Å²) in [5, 5.41) is 0. The molecule has 5 heteroatoms. The molecule has 0 rings (SSSR count). The van der Waals surface area contributed by atoms with Crippen molar-refractivity contribution in [2.24, 2.45) is 5.41 Å². The van der Waals surface area contributed by atoms with Gasteiger partial charge in [0.2, 0.25) is 5.91 Å². The van der Waals surface area contributed by atoms with Crippen molar-refractivity contribution in [1.82, 2.24) is 4.90 Å². The molecule has 0 saturated carbocycles. The summed E-state index contributed by atoms with van der Waals surface area (Å²) in [6, 6.07) is 0. The molecule has 0 N–H and O–H groups in total. The van der Waals surface area contributed by atoms with E-state index in [0.29, 0.717) is 6.42 Å². The van der Waals surface area contributed by atoms with E-state index in [1.165, 1.54) is 0 Å². The summed E-state index contributed by atoms with van der Waals surface area (Å²) in [5.74, 6) is -0.457. The van der Waals surface area contributed by atoms with Crippen molar-refractivity contribution in [2.45, 2.75) is 40.3 Å². The summed E-state index contributed by atoms with van der Waals surface area (Å²) in [6.07, 6.45) is -3.80. The van der Waals surface area contributed by atoms with Crippen LogP contribution in [0.2, 0.25) is 0 Å². The highest BCUT2D eigenvalue weighted by Crippen LogP contribution is 2.22. The molecular formula is C10H18F3NO. The van der Waals surface area contributed by atoms with Gasteiger partial charge >= 0.3 is 6.18 Å². The van der Waals surface area contributed by atoms with Gasteiger partial charge in [0.1, 0.15) is 6.54 Å². The number of carbonyl (C=O) groups excluding carboxylic acids is 1. The molecule has 90 valence electrons. The number of amides is 1. The van der Waals surface area contributed by atoms with E-state index in [0.717, 1.165) is 4.90 Å². The van der Waals surface area contributed by atoms with Gasteiger partial charge < -0.3 is 4.90 Å². The van der Waals surface area contributed by atoms with Crippen molar-refractivity contribution < 1.29 is 18.0 Å². The van der Waals surface area contributed by atoms with Gasteiger partial charge in [-0.15, -0.1) is 0 Å². The van der Waals surface area contributed by atoms with E-state index in [1.807, 2.05) is 0 Å². The van der Waals surface area contributed by atoms with Crippen LogP contribution >= 0.6 is 0 Å². The third-order valence-electron chi connectivity index (χ3n) is 1.79. The molecule has 2 nitrogen and oxygen atoms in total. The Kier molecular flexibility index (Phi) is 4.62. The molecule has 0 aliphatic heterocycles. The molecule has 0 aromatic rings. The molecule has 0 heterocycles. The number of carbonyl (C=O) groups is 1. The Morgan fingerprint density at radius 2 is 1.67 bits per heavy atom. The van der Waals surface area contributed by atoms with Gasteiger partial charge in [-0.25, -0.2) is 0 Å². The normalized spacial score (nSPS) is 12.7. The predicted molar refractivity (Wildman–Crippen MR) is 52.4 cm³/mol. The zero-order chi connectivity index (χ0) is 12.3. The molecular weight excluding hydrogens is 207 g/mol. The van der Waals surface area contributed by atoms with Gasteiger partial charge in [-0.05, 0) is 6.42 Å². The Hall–Kier alpha value is -0.740. The van der Waals surface area contributed by atoms with Gasteiger partial charge in [0, 0.05) is 12.0 Å². The average Bonchev–Trinajstić information content (AvgIpc) is 1.98. The molecule has 0 aromatic carbocycles. The van der Waals surface area contributed by atoms with Crippen LogP contribution in [0.1, 0.15) is 34.1 Å². The van der Waals surface area contributed by atoms with Gasteiger partial charge in [0.15, 0.2) is 0 Å². The number of hydrogen-bond acceptors (Lipinski definition) is 1. The zero-order valence-electron chi connectivity index (χ0n) is 9.61. The average molecular weight is 225 g/mol. The van der Waals surface area contributed by atoms with Crippen molar-refractivity contribution >= 4 is 5.91 Å². The number of alkyl halides is 3. The molecule has 15 heavy (non-hydrogen) atoms. The highest BCUT2D eigenvalue weighted by Gasteiger charge is 2.36. The quantitative estimate of drug-likeness (QED) is 0.723. The molecule has 0 saturated heterocycles. The minimum Gasteiger partial charge on any atom is -0.333 e. The largest absolute Gasteiger partial charge is 0.406 e.